The highest BCUT2D eigenvalue weighted by Gasteiger charge is 2.29. The van der Waals surface area contributed by atoms with E-state index in [1.165, 1.54) is 5.06 Å². The zero-order chi connectivity index (χ0) is 11.5. The Balaban J connectivity index is 2.24. The molecular weight excluding hydrogens is 226 g/mol. The van der Waals surface area contributed by atoms with Crippen molar-refractivity contribution in [1.82, 2.24) is 5.06 Å². The largest absolute Gasteiger partial charge is 0.381 e. The van der Waals surface area contributed by atoms with Crippen molar-refractivity contribution in [3.63, 3.8) is 0 Å². The van der Waals surface area contributed by atoms with E-state index in [0.717, 1.165) is 18.6 Å². The summed E-state index contributed by atoms with van der Waals surface area (Å²) >= 11 is 5.97. The van der Waals surface area contributed by atoms with Crippen LogP contribution >= 0.6 is 11.6 Å². The van der Waals surface area contributed by atoms with E-state index in [4.69, 9.17) is 16.3 Å². The molecule has 1 aliphatic heterocycles. The van der Waals surface area contributed by atoms with Crippen molar-refractivity contribution >= 4 is 11.6 Å². The Morgan fingerprint density at radius 2 is 2.38 bits per heavy atom. The van der Waals surface area contributed by atoms with Crippen LogP contribution < -0.4 is 0 Å². The lowest BCUT2D eigenvalue weighted by Crippen LogP contribution is -2.28. The van der Waals surface area contributed by atoms with Gasteiger partial charge in [-0.25, -0.2) is 0 Å². The molecule has 2 unspecified atom stereocenters. The van der Waals surface area contributed by atoms with E-state index in [-0.39, 0.29) is 6.04 Å². The van der Waals surface area contributed by atoms with Gasteiger partial charge in [-0.15, -0.1) is 0 Å². The topological polar surface area (TPSA) is 32.7 Å². The zero-order valence-corrected chi connectivity index (χ0v) is 10.0. The van der Waals surface area contributed by atoms with Gasteiger partial charge in [0.15, 0.2) is 0 Å². The summed E-state index contributed by atoms with van der Waals surface area (Å²) in [6.45, 7) is 1.47. The molecule has 4 heteroatoms. The molecule has 1 aromatic carbocycles. The fourth-order valence-electron chi connectivity index (χ4n) is 2.29. The van der Waals surface area contributed by atoms with E-state index in [2.05, 4.69) is 0 Å². The van der Waals surface area contributed by atoms with Crippen LogP contribution in [0.15, 0.2) is 24.3 Å². The van der Waals surface area contributed by atoms with Crippen LogP contribution in [0.3, 0.4) is 0 Å². The Morgan fingerprint density at radius 1 is 1.56 bits per heavy atom. The Morgan fingerprint density at radius 3 is 2.94 bits per heavy atom. The van der Waals surface area contributed by atoms with Gasteiger partial charge in [0.25, 0.3) is 0 Å². The molecule has 0 bridgehead atoms. The first kappa shape index (κ1) is 11.9. The van der Waals surface area contributed by atoms with E-state index in [0.29, 0.717) is 17.5 Å². The Kier molecular flexibility index (Phi) is 3.82. The normalized spacial score (nSPS) is 22.6. The summed E-state index contributed by atoms with van der Waals surface area (Å²) in [7, 11) is 1.67. The second kappa shape index (κ2) is 5.15. The predicted octanol–water partition coefficient (Wildman–Crippen LogP) is 2.74. The van der Waals surface area contributed by atoms with Crippen molar-refractivity contribution in [3.05, 3.63) is 34.9 Å². The number of ether oxygens (including phenoxy) is 1. The molecule has 0 spiro atoms. The summed E-state index contributed by atoms with van der Waals surface area (Å²) in [5.74, 6) is 0.327. The number of rotatable bonds is 3. The highest BCUT2D eigenvalue weighted by molar-refractivity contribution is 6.30. The van der Waals surface area contributed by atoms with E-state index in [1.807, 2.05) is 24.3 Å². The maximum absolute atomic E-state index is 9.75. The minimum Gasteiger partial charge on any atom is -0.381 e. The van der Waals surface area contributed by atoms with Crippen LogP contribution in [0.4, 0.5) is 0 Å². The lowest BCUT2D eigenvalue weighted by molar-refractivity contribution is -0.121. The quantitative estimate of drug-likeness (QED) is 0.826. The molecule has 0 aliphatic carbocycles. The standard InChI is InChI=1S/C12H16ClNO2/c1-14(15)12(10-5-6-16-8-10)9-3-2-4-11(13)7-9/h2-4,7,10,12,15H,5-6,8H2,1H3. The molecule has 0 aromatic heterocycles. The maximum Gasteiger partial charge on any atom is 0.0647 e. The first-order valence-electron chi connectivity index (χ1n) is 5.43. The predicted molar refractivity (Wildman–Crippen MR) is 62.7 cm³/mol. The summed E-state index contributed by atoms with van der Waals surface area (Å²) in [6, 6.07) is 7.59. The summed E-state index contributed by atoms with van der Waals surface area (Å²) in [5.41, 5.74) is 1.04. The van der Waals surface area contributed by atoms with Crippen LogP contribution in [0.5, 0.6) is 0 Å². The molecule has 1 saturated heterocycles. The molecule has 88 valence electrons. The van der Waals surface area contributed by atoms with E-state index in [9.17, 15) is 5.21 Å². The van der Waals surface area contributed by atoms with Gasteiger partial charge in [0.1, 0.15) is 0 Å². The van der Waals surface area contributed by atoms with Gasteiger partial charge in [-0.1, -0.05) is 23.7 Å². The number of hydroxylamine groups is 2. The van der Waals surface area contributed by atoms with Crippen molar-refractivity contribution in [1.29, 1.82) is 0 Å². The molecule has 0 saturated carbocycles. The van der Waals surface area contributed by atoms with Crippen LogP contribution in [-0.4, -0.2) is 30.5 Å². The smallest absolute Gasteiger partial charge is 0.0647 e. The van der Waals surface area contributed by atoms with Crippen LogP contribution in [-0.2, 0) is 4.74 Å². The van der Waals surface area contributed by atoms with Crippen LogP contribution in [0, 0.1) is 5.92 Å². The van der Waals surface area contributed by atoms with E-state index in [1.54, 1.807) is 7.05 Å². The highest BCUT2D eigenvalue weighted by atomic mass is 35.5. The summed E-state index contributed by atoms with van der Waals surface area (Å²) in [4.78, 5) is 0. The average Bonchev–Trinajstić information content (AvgIpc) is 2.71. The molecule has 1 fully saturated rings. The first-order valence-corrected chi connectivity index (χ1v) is 5.81. The minimum atomic E-state index is -0.0406. The van der Waals surface area contributed by atoms with Gasteiger partial charge < -0.3 is 9.94 Å². The summed E-state index contributed by atoms with van der Waals surface area (Å²) in [5, 5.41) is 11.7. The number of hydrogen-bond acceptors (Lipinski definition) is 3. The van der Waals surface area contributed by atoms with Crippen molar-refractivity contribution in [3.8, 4) is 0 Å². The number of benzene rings is 1. The monoisotopic (exact) mass is 241 g/mol. The SMILES string of the molecule is CN(O)C(c1cccc(Cl)c1)C1CCOC1. The second-order valence-corrected chi connectivity index (χ2v) is 4.63. The summed E-state index contributed by atoms with van der Waals surface area (Å²) in [6.07, 6.45) is 0.974. The summed E-state index contributed by atoms with van der Waals surface area (Å²) < 4.78 is 5.37. The van der Waals surface area contributed by atoms with Gasteiger partial charge >= 0.3 is 0 Å². The van der Waals surface area contributed by atoms with E-state index >= 15 is 0 Å². The van der Waals surface area contributed by atoms with Crippen molar-refractivity contribution in [2.75, 3.05) is 20.3 Å². The third-order valence-electron chi connectivity index (χ3n) is 3.00. The lowest BCUT2D eigenvalue weighted by Gasteiger charge is -2.27. The highest BCUT2D eigenvalue weighted by Crippen LogP contribution is 2.33. The molecule has 0 amide bonds. The number of halogens is 1. The molecule has 16 heavy (non-hydrogen) atoms. The van der Waals surface area contributed by atoms with Crippen LogP contribution in [0.2, 0.25) is 5.02 Å². The maximum atomic E-state index is 9.75. The molecule has 1 N–H and O–H groups in total. The number of nitrogens with zero attached hydrogens (tertiary/aromatic N) is 1. The van der Waals surface area contributed by atoms with Crippen molar-refractivity contribution < 1.29 is 9.94 Å². The molecule has 3 nitrogen and oxygen atoms in total. The third-order valence-corrected chi connectivity index (χ3v) is 3.24. The van der Waals surface area contributed by atoms with Gasteiger partial charge in [0.05, 0.1) is 12.6 Å². The van der Waals surface area contributed by atoms with E-state index < -0.39 is 0 Å². The minimum absolute atomic E-state index is 0.0406. The van der Waals surface area contributed by atoms with Gasteiger partial charge in [-0.05, 0) is 24.1 Å². The first-order chi connectivity index (χ1) is 7.68. The van der Waals surface area contributed by atoms with Gasteiger partial charge in [-0.3, -0.25) is 0 Å². The van der Waals surface area contributed by atoms with Crippen molar-refractivity contribution in [2.24, 2.45) is 5.92 Å². The zero-order valence-electron chi connectivity index (χ0n) is 9.27. The molecule has 2 atom stereocenters. The van der Waals surface area contributed by atoms with Crippen LogP contribution in [0.1, 0.15) is 18.0 Å². The Labute approximate surface area is 101 Å². The van der Waals surface area contributed by atoms with Gasteiger partial charge in [-0.2, -0.15) is 5.06 Å². The third kappa shape index (κ3) is 2.55. The average molecular weight is 242 g/mol. The number of hydrogen-bond donors (Lipinski definition) is 1. The molecule has 0 radical (unpaired) electrons. The molecule has 1 heterocycles. The Bertz CT molecular complexity index is 351. The lowest BCUT2D eigenvalue weighted by atomic mass is 9.92. The molecule has 1 aliphatic rings. The fraction of sp³-hybridized carbons (Fsp3) is 0.500. The van der Waals surface area contributed by atoms with Gasteiger partial charge in [0, 0.05) is 24.6 Å². The molecular formula is C12H16ClNO2. The van der Waals surface area contributed by atoms with Crippen molar-refractivity contribution in [2.45, 2.75) is 12.5 Å². The molecule has 2 rings (SSSR count). The van der Waals surface area contributed by atoms with Crippen LogP contribution in [0.25, 0.3) is 0 Å². The molecule has 1 aromatic rings. The van der Waals surface area contributed by atoms with Gasteiger partial charge in [0.2, 0.25) is 0 Å². The second-order valence-electron chi connectivity index (χ2n) is 4.20. The fourth-order valence-corrected chi connectivity index (χ4v) is 2.48. The Hall–Kier alpha value is -0.610.